The number of methoxy groups -OCH3 is 3. The summed E-state index contributed by atoms with van der Waals surface area (Å²) in [6.45, 7) is 13.3. The van der Waals surface area contributed by atoms with Crippen LogP contribution in [0.15, 0.2) is 42.6 Å². The Morgan fingerprint density at radius 1 is 0.957 bits per heavy atom. The van der Waals surface area contributed by atoms with Crippen molar-refractivity contribution in [2.75, 3.05) is 38.6 Å². The Labute approximate surface area is 281 Å². The van der Waals surface area contributed by atoms with Gasteiger partial charge in [-0.2, -0.15) is 0 Å². The molecule has 2 aromatic carbocycles. The molecule has 254 valence electrons. The summed E-state index contributed by atoms with van der Waals surface area (Å²) in [5.41, 5.74) is 2.18. The number of hydrogen-bond acceptors (Lipinski definition) is 8. The van der Waals surface area contributed by atoms with E-state index in [9.17, 15) is 14.0 Å². The number of ether oxygens (including phenoxy) is 3. The summed E-state index contributed by atoms with van der Waals surface area (Å²) in [6.07, 6.45) is 5.32. The standard InChI is InChI=1S/C26H25FN4O4S.C10H22O/c1-13(2)16-10-15(6-7-18(16)27)30-25(32)17-11-22(35-5)28-12-20(17)31-26(33)23-21(34-4)9-8-19-24(23)36-14(3)29-19;1-5-6-9(2)7-10(3)8-11-4/h6-13H,1-5H3,(H,30,32)(H,31,33);9-10H,5-8H2,1-4H3. The molecular formula is C36H47FN4O5S. The van der Waals surface area contributed by atoms with E-state index in [2.05, 4.69) is 41.4 Å². The van der Waals surface area contributed by atoms with Gasteiger partial charge < -0.3 is 24.8 Å². The fourth-order valence-corrected chi connectivity index (χ4v) is 6.36. The van der Waals surface area contributed by atoms with E-state index < -0.39 is 11.8 Å². The summed E-state index contributed by atoms with van der Waals surface area (Å²) in [6, 6.07) is 9.27. The van der Waals surface area contributed by atoms with Crippen LogP contribution < -0.4 is 20.1 Å². The van der Waals surface area contributed by atoms with E-state index in [1.54, 1.807) is 25.3 Å². The number of anilines is 2. The van der Waals surface area contributed by atoms with E-state index >= 15 is 0 Å². The van der Waals surface area contributed by atoms with Crippen LogP contribution in [-0.4, -0.2) is 49.7 Å². The normalized spacial score (nSPS) is 12.2. The average Bonchev–Trinajstić information content (AvgIpc) is 3.41. The molecule has 0 fully saturated rings. The number of fused-ring (bicyclic) bond motifs is 1. The summed E-state index contributed by atoms with van der Waals surface area (Å²) < 4.78 is 30.5. The van der Waals surface area contributed by atoms with Crippen LogP contribution in [0.3, 0.4) is 0 Å². The Bertz CT molecular complexity index is 1650. The number of carbonyl (C=O) groups excluding carboxylic acids is 2. The van der Waals surface area contributed by atoms with Gasteiger partial charge in [0.15, 0.2) is 0 Å². The third-order valence-electron chi connectivity index (χ3n) is 7.57. The van der Waals surface area contributed by atoms with Gasteiger partial charge in [0.1, 0.15) is 17.1 Å². The molecule has 2 unspecified atom stereocenters. The van der Waals surface area contributed by atoms with Crippen molar-refractivity contribution in [2.24, 2.45) is 11.8 Å². The Hall–Kier alpha value is -4.09. The zero-order valence-electron chi connectivity index (χ0n) is 28.8. The third kappa shape index (κ3) is 10.2. The van der Waals surface area contributed by atoms with Crippen LogP contribution in [0.25, 0.3) is 10.2 Å². The summed E-state index contributed by atoms with van der Waals surface area (Å²) >= 11 is 1.37. The minimum atomic E-state index is -0.522. The highest BCUT2D eigenvalue weighted by molar-refractivity contribution is 7.19. The summed E-state index contributed by atoms with van der Waals surface area (Å²) in [4.78, 5) is 35.3. The van der Waals surface area contributed by atoms with Gasteiger partial charge in [-0.15, -0.1) is 11.3 Å². The van der Waals surface area contributed by atoms with Crippen LogP contribution >= 0.6 is 11.3 Å². The lowest BCUT2D eigenvalue weighted by Crippen LogP contribution is -2.19. The first-order chi connectivity index (χ1) is 22.4. The lowest BCUT2D eigenvalue weighted by Gasteiger charge is -2.15. The van der Waals surface area contributed by atoms with Gasteiger partial charge in [0.05, 0.1) is 46.9 Å². The van der Waals surface area contributed by atoms with Crippen molar-refractivity contribution in [1.29, 1.82) is 0 Å². The molecule has 4 aromatic rings. The second-order valence-electron chi connectivity index (χ2n) is 12.0. The number of carbonyl (C=O) groups is 2. The molecule has 2 heterocycles. The molecule has 0 bridgehead atoms. The van der Waals surface area contributed by atoms with Crippen molar-refractivity contribution in [3.05, 3.63) is 70.1 Å². The van der Waals surface area contributed by atoms with Crippen LogP contribution in [0.1, 0.15) is 91.1 Å². The van der Waals surface area contributed by atoms with Gasteiger partial charge in [-0.3, -0.25) is 9.59 Å². The predicted octanol–water partition coefficient (Wildman–Crippen LogP) is 8.88. The summed E-state index contributed by atoms with van der Waals surface area (Å²) in [5.74, 6) is 0.749. The number of aryl methyl sites for hydroxylation is 1. The van der Waals surface area contributed by atoms with E-state index in [0.29, 0.717) is 32.8 Å². The molecule has 2 atom stereocenters. The smallest absolute Gasteiger partial charge is 0.261 e. The van der Waals surface area contributed by atoms with Gasteiger partial charge in [0, 0.05) is 25.5 Å². The Balaban J connectivity index is 0.000000468. The van der Waals surface area contributed by atoms with Gasteiger partial charge in [-0.25, -0.2) is 14.4 Å². The quantitative estimate of drug-likeness (QED) is 0.147. The molecule has 9 nitrogen and oxygen atoms in total. The molecule has 0 saturated heterocycles. The highest BCUT2D eigenvalue weighted by atomic mass is 32.1. The second-order valence-corrected chi connectivity index (χ2v) is 13.2. The molecular weight excluding hydrogens is 619 g/mol. The third-order valence-corrected chi connectivity index (χ3v) is 8.57. The van der Waals surface area contributed by atoms with Crippen molar-refractivity contribution < 1.29 is 28.2 Å². The van der Waals surface area contributed by atoms with Gasteiger partial charge in [0.2, 0.25) is 5.88 Å². The molecule has 0 aliphatic heterocycles. The zero-order chi connectivity index (χ0) is 34.7. The number of pyridine rings is 1. The number of hydrogen-bond donors (Lipinski definition) is 2. The fourth-order valence-electron chi connectivity index (χ4n) is 5.40. The first kappa shape index (κ1) is 37.4. The van der Waals surface area contributed by atoms with Crippen molar-refractivity contribution in [2.45, 2.75) is 66.7 Å². The molecule has 0 saturated carbocycles. The van der Waals surface area contributed by atoms with Crippen molar-refractivity contribution in [3.63, 3.8) is 0 Å². The highest BCUT2D eigenvalue weighted by Crippen LogP contribution is 2.33. The number of thiazole rings is 1. The number of benzene rings is 2. The van der Waals surface area contributed by atoms with Gasteiger partial charge in [-0.05, 0) is 67.0 Å². The Kier molecular flexibility index (Phi) is 14.1. The molecule has 0 spiro atoms. The molecule has 11 heteroatoms. The van der Waals surface area contributed by atoms with E-state index in [1.807, 2.05) is 20.8 Å². The molecule has 2 aromatic heterocycles. The minimum absolute atomic E-state index is 0.0641. The molecule has 0 aliphatic rings. The van der Waals surface area contributed by atoms with Crippen LogP contribution in [0.2, 0.25) is 0 Å². The van der Waals surface area contributed by atoms with Gasteiger partial charge >= 0.3 is 0 Å². The number of nitrogens with one attached hydrogen (secondary N) is 2. The topological polar surface area (TPSA) is 112 Å². The van der Waals surface area contributed by atoms with Crippen molar-refractivity contribution in [3.8, 4) is 11.6 Å². The van der Waals surface area contributed by atoms with E-state index in [0.717, 1.165) is 23.5 Å². The Morgan fingerprint density at radius 3 is 2.34 bits per heavy atom. The molecule has 0 aliphatic carbocycles. The molecule has 0 radical (unpaired) electrons. The molecule has 47 heavy (non-hydrogen) atoms. The van der Waals surface area contributed by atoms with Crippen LogP contribution in [0.4, 0.5) is 15.8 Å². The first-order valence-electron chi connectivity index (χ1n) is 15.8. The average molecular weight is 667 g/mol. The number of halogens is 1. The number of rotatable bonds is 13. The lowest BCUT2D eigenvalue weighted by atomic mass is 9.94. The monoisotopic (exact) mass is 666 g/mol. The summed E-state index contributed by atoms with van der Waals surface area (Å²) in [5, 5.41) is 6.35. The van der Waals surface area contributed by atoms with E-state index in [4.69, 9.17) is 14.2 Å². The zero-order valence-corrected chi connectivity index (χ0v) is 29.6. The predicted molar refractivity (Wildman–Crippen MR) is 188 cm³/mol. The second kappa shape index (κ2) is 17.7. The molecule has 2 N–H and O–H groups in total. The van der Waals surface area contributed by atoms with E-state index in [-0.39, 0.29) is 28.9 Å². The van der Waals surface area contributed by atoms with Crippen LogP contribution in [-0.2, 0) is 4.74 Å². The van der Waals surface area contributed by atoms with Crippen molar-refractivity contribution >= 4 is 44.7 Å². The first-order valence-corrected chi connectivity index (χ1v) is 16.6. The number of aromatic nitrogens is 2. The number of nitrogens with zero attached hydrogens (tertiary/aromatic N) is 2. The fraction of sp³-hybridized carbons (Fsp3) is 0.444. The van der Waals surface area contributed by atoms with Gasteiger partial charge in [-0.1, -0.05) is 47.5 Å². The maximum absolute atomic E-state index is 14.1. The SMILES string of the molecule is CCCC(C)CC(C)COC.COc1cc(C(=O)Nc2ccc(F)c(C(C)C)c2)c(NC(=O)c2c(OC)ccc3nc(C)sc23)cn1. The maximum atomic E-state index is 14.1. The van der Waals surface area contributed by atoms with Gasteiger partial charge in [0.25, 0.3) is 11.8 Å². The van der Waals surface area contributed by atoms with Crippen LogP contribution in [0.5, 0.6) is 11.6 Å². The Morgan fingerprint density at radius 2 is 1.70 bits per heavy atom. The molecule has 2 amide bonds. The number of amides is 2. The lowest BCUT2D eigenvalue weighted by molar-refractivity contribution is 0.102. The maximum Gasteiger partial charge on any atom is 0.261 e. The highest BCUT2D eigenvalue weighted by Gasteiger charge is 2.23. The molecule has 4 rings (SSSR count). The van der Waals surface area contributed by atoms with E-state index in [1.165, 1.54) is 69.2 Å². The van der Waals surface area contributed by atoms with Crippen molar-refractivity contribution in [1.82, 2.24) is 9.97 Å². The largest absolute Gasteiger partial charge is 0.496 e. The summed E-state index contributed by atoms with van der Waals surface area (Å²) in [7, 11) is 4.68. The van der Waals surface area contributed by atoms with Crippen LogP contribution in [0, 0.1) is 24.6 Å². The minimum Gasteiger partial charge on any atom is -0.496 e.